The van der Waals surface area contributed by atoms with E-state index in [-0.39, 0.29) is 18.4 Å². The summed E-state index contributed by atoms with van der Waals surface area (Å²) in [6.45, 7) is 1.17. The van der Waals surface area contributed by atoms with Gasteiger partial charge in [0.25, 0.3) is 5.91 Å². The van der Waals surface area contributed by atoms with Crippen molar-refractivity contribution in [1.29, 1.82) is 0 Å². The molecule has 4 rings (SSSR count). The van der Waals surface area contributed by atoms with Gasteiger partial charge in [0.1, 0.15) is 5.75 Å². The molecule has 1 saturated heterocycles. The first-order valence-corrected chi connectivity index (χ1v) is 9.47. The Kier molecular flexibility index (Phi) is 5.24. The molecule has 1 fully saturated rings. The SMILES string of the molecule is O=C(COc1ccc2ccccc2c1)NCc1ccc(N2CCCC2=O)cc1. The molecule has 0 atom stereocenters. The molecule has 28 heavy (non-hydrogen) atoms. The summed E-state index contributed by atoms with van der Waals surface area (Å²) in [6, 6.07) is 21.5. The van der Waals surface area contributed by atoms with Gasteiger partial charge in [-0.15, -0.1) is 0 Å². The largest absolute Gasteiger partial charge is 0.484 e. The van der Waals surface area contributed by atoms with Gasteiger partial charge in [-0.05, 0) is 47.0 Å². The average molecular weight is 374 g/mol. The maximum Gasteiger partial charge on any atom is 0.258 e. The van der Waals surface area contributed by atoms with Crippen LogP contribution < -0.4 is 15.0 Å². The van der Waals surface area contributed by atoms with Crippen molar-refractivity contribution in [1.82, 2.24) is 5.32 Å². The van der Waals surface area contributed by atoms with Crippen molar-refractivity contribution in [2.75, 3.05) is 18.1 Å². The molecule has 0 unspecified atom stereocenters. The first-order chi connectivity index (χ1) is 13.7. The Hall–Kier alpha value is -3.34. The van der Waals surface area contributed by atoms with E-state index in [4.69, 9.17) is 4.74 Å². The normalized spacial score (nSPS) is 13.7. The number of amides is 2. The fourth-order valence-corrected chi connectivity index (χ4v) is 3.37. The van der Waals surface area contributed by atoms with Gasteiger partial charge in [0.2, 0.25) is 5.91 Å². The van der Waals surface area contributed by atoms with E-state index in [0.29, 0.717) is 18.7 Å². The van der Waals surface area contributed by atoms with Crippen LogP contribution in [0.4, 0.5) is 5.69 Å². The monoisotopic (exact) mass is 374 g/mol. The van der Waals surface area contributed by atoms with E-state index in [1.54, 1.807) is 4.90 Å². The van der Waals surface area contributed by atoms with Crippen molar-refractivity contribution in [2.24, 2.45) is 0 Å². The highest BCUT2D eigenvalue weighted by molar-refractivity contribution is 5.95. The second kappa shape index (κ2) is 8.13. The zero-order valence-electron chi connectivity index (χ0n) is 15.6. The summed E-state index contributed by atoms with van der Waals surface area (Å²) < 4.78 is 5.61. The predicted molar refractivity (Wildman–Crippen MR) is 109 cm³/mol. The third kappa shape index (κ3) is 4.14. The zero-order valence-corrected chi connectivity index (χ0v) is 15.6. The van der Waals surface area contributed by atoms with Gasteiger partial charge in [-0.2, -0.15) is 0 Å². The molecule has 0 saturated carbocycles. The van der Waals surface area contributed by atoms with E-state index in [9.17, 15) is 9.59 Å². The number of nitrogens with zero attached hydrogens (tertiary/aromatic N) is 1. The van der Waals surface area contributed by atoms with Gasteiger partial charge in [0.15, 0.2) is 6.61 Å². The molecule has 3 aromatic rings. The molecular formula is C23H22N2O3. The van der Waals surface area contributed by atoms with Crippen molar-refractivity contribution in [2.45, 2.75) is 19.4 Å². The number of fused-ring (bicyclic) bond motifs is 1. The molecule has 1 heterocycles. The Labute approximate surface area is 163 Å². The lowest BCUT2D eigenvalue weighted by molar-refractivity contribution is -0.123. The van der Waals surface area contributed by atoms with Gasteiger partial charge in [0, 0.05) is 25.2 Å². The lowest BCUT2D eigenvalue weighted by Crippen LogP contribution is -2.28. The highest BCUT2D eigenvalue weighted by Crippen LogP contribution is 2.22. The van der Waals surface area contributed by atoms with Crippen LogP contribution in [0.5, 0.6) is 5.75 Å². The van der Waals surface area contributed by atoms with E-state index >= 15 is 0 Å². The number of hydrogen-bond donors (Lipinski definition) is 1. The fraction of sp³-hybridized carbons (Fsp3) is 0.217. The molecule has 142 valence electrons. The second-order valence-electron chi connectivity index (χ2n) is 6.89. The average Bonchev–Trinajstić information content (AvgIpc) is 3.17. The molecule has 0 aliphatic carbocycles. The van der Waals surface area contributed by atoms with Crippen molar-refractivity contribution in [3.63, 3.8) is 0 Å². The summed E-state index contributed by atoms with van der Waals surface area (Å²) >= 11 is 0. The minimum absolute atomic E-state index is 0.0291. The van der Waals surface area contributed by atoms with E-state index in [1.165, 1.54) is 0 Å². The first-order valence-electron chi connectivity index (χ1n) is 9.47. The lowest BCUT2D eigenvalue weighted by atomic mass is 10.1. The lowest BCUT2D eigenvalue weighted by Gasteiger charge is -2.16. The van der Waals surface area contributed by atoms with E-state index in [2.05, 4.69) is 5.32 Å². The Morgan fingerprint density at radius 3 is 2.54 bits per heavy atom. The summed E-state index contributed by atoms with van der Waals surface area (Å²) in [7, 11) is 0. The molecule has 3 aromatic carbocycles. The zero-order chi connectivity index (χ0) is 19.3. The minimum atomic E-state index is -0.174. The molecule has 5 heteroatoms. The van der Waals surface area contributed by atoms with Gasteiger partial charge >= 0.3 is 0 Å². The van der Waals surface area contributed by atoms with Gasteiger partial charge in [-0.1, -0.05) is 42.5 Å². The van der Waals surface area contributed by atoms with Crippen LogP contribution in [0, 0.1) is 0 Å². The van der Waals surface area contributed by atoms with E-state index < -0.39 is 0 Å². The third-order valence-corrected chi connectivity index (χ3v) is 4.90. The highest BCUT2D eigenvalue weighted by atomic mass is 16.5. The number of carbonyl (C=O) groups is 2. The van der Waals surface area contributed by atoms with E-state index in [1.807, 2.05) is 66.7 Å². The van der Waals surface area contributed by atoms with Gasteiger partial charge < -0.3 is 15.0 Å². The Balaban J connectivity index is 1.27. The van der Waals surface area contributed by atoms with Gasteiger partial charge in [0.05, 0.1) is 0 Å². The number of hydrogen-bond acceptors (Lipinski definition) is 3. The van der Waals surface area contributed by atoms with Crippen molar-refractivity contribution in [3.05, 3.63) is 72.3 Å². The number of ether oxygens (including phenoxy) is 1. The molecular weight excluding hydrogens is 352 g/mol. The smallest absolute Gasteiger partial charge is 0.258 e. The molecule has 0 radical (unpaired) electrons. The Morgan fingerprint density at radius 1 is 1.00 bits per heavy atom. The van der Waals surface area contributed by atoms with Crippen LogP contribution in [0.15, 0.2) is 66.7 Å². The number of benzene rings is 3. The topological polar surface area (TPSA) is 58.6 Å². The van der Waals surface area contributed by atoms with Crippen LogP contribution in [-0.4, -0.2) is 25.0 Å². The fourth-order valence-electron chi connectivity index (χ4n) is 3.37. The Morgan fingerprint density at radius 2 is 1.79 bits per heavy atom. The summed E-state index contributed by atoms with van der Waals surface area (Å²) in [5, 5.41) is 5.08. The van der Waals surface area contributed by atoms with E-state index in [0.717, 1.165) is 35.0 Å². The number of nitrogens with one attached hydrogen (secondary N) is 1. The molecule has 1 aliphatic rings. The maximum atomic E-state index is 12.1. The summed E-state index contributed by atoms with van der Waals surface area (Å²) in [6.07, 6.45) is 1.53. The molecule has 5 nitrogen and oxygen atoms in total. The van der Waals surface area contributed by atoms with Crippen molar-refractivity contribution in [3.8, 4) is 5.75 Å². The standard InChI is InChI=1S/C23H22N2O3/c26-22(16-28-21-12-9-18-4-1-2-5-19(18)14-21)24-15-17-7-10-20(11-8-17)25-13-3-6-23(25)27/h1-2,4-5,7-12,14H,3,6,13,15-16H2,(H,24,26). The predicted octanol–water partition coefficient (Wildman–Crippen LogP) is 3.66. The number of rotatable bonds is 6. The number of carbonyl (C=O) groups excluding carboxylic acids is 2. The summed E-state index contributed by atoms with van der Waals surface area (Å²) in [4.78, 5) is 25.7. The van der Waals surface area contributed by atoms with Crippen LogP contribution in [0.3, 0.4) is 0 Å². The van der Waals surface area contributed by atoms with Crippen LogP contribution in [-0.2, 0) is 16.1 Å². The number of anilines is 1. The second-order valence-corrected chi connectivity index (χ2v) is 6.89. The van der Waals surface area contributed by atoms with Gasteiger partial charge in [-0.3, -0.25) is 9.59 Å². The molecule has 0 aromatic heterocycles. The molecule has 1 aliphatic heterocycles. The quantitative estimate of drug-likeness (QED) is 0.716. The molecule has 0 bridgehead atoms. The summed E-state index contributed by atoms with van der Waals surface area (Å²) in [5.74, 6) is 0.673. The molecule has 2 amide bonds. The third-order valence-electron chi connectivity index (χ3n) is 4.90. The minimum Gasteiger partial charge on any atom is -0.484 e. The van der Waals surface area contributed by atoms with Crippen LogP contribution in [0.25, 0.3) is 10.8 Å². The molecule has 0 spiro atoms. The Bertz CT molecular complexity index is 998. The van der Waals surface area contributed by atoms with Crippen LogP contribution >= 0.6 is 0 Å². The van der Waals surface area contributed by atoms with Crippen LogP contribution in [0.2, 0.25) is 0 Å². The molecule has 1 N–H and O–H groups in total. The van der Waals surface area contributed by atoms with Crippen molar-refractivity contribution < 1.29 is 14.3 Å². The summed E-state index contributed by atoms with van der Waals surface area (Å²) in [5.41, 5.74) is 1.90. The van der Waals surface area contributed by atoms with Crippen LogP contribution in [0.1, 0.15) is 18.4 Å². The highest BCUT2D eigenvalue weighted by Gasteiger charge is 2.21. The van der Waals surface area contributed by atoms with Gasteiger partial charge in [-0.25, -0.2) is 0 Å². The maximum absolute atomic E-state index is 12.1. The first kappa shape index (κ1) is 18.0. The van der Waals surface area contributed by atoms with Crippen molar-refractivity contribution >= 4 is 28.3 Å².